The average molecular weight is 391 g/mol. The van der Waals surface area contributed by atoms with Gasteiger partial charge in [-0.1, -0.05) is 12.1 Å². The molecule has 7 nitrogen and oxygen atoms in total. The number of nitrogens with one attached hydrogen (secondary N) is 2. The lowest BCUT2D eigenvalue weighted by Gasteiger charge is -2.13. The van der Waals surface area contributed by atoms with Gasteiger partial charge in [-0.25, -0.2) is 8.42 Å². The molecule has 1 aromatic heterocycles. The van der Waals surface area contributed by atoms with Gasteiger partial charge in [0.15, 0.2) is 0 Å². The summed E-state index contributed by atoms with van der Waals surface area (Å²) in [5.41, 5.74) is 1.37. The van der Waals surface area contributed by atoms with E-state index in [1.54, 1.807) is 0 Å². The van der Waals surface area contributed by atoms with E-state index in [4.69, 9.17) is 4.74 Å². The Morgan fingerprint density at radius 2 is 2.04 bits per heavy atom. The number of nitrogens with zero attached hydrogens (tertiary/aromatic N) is 1. The van der Waals surface area contributed by atoms with Crippen LogP contribution in [0.2, 0.25) is 0 Å². The van der Waals surface area contributed by atoms with Gasteiger partial charge in [-0.3, -0.25) is 4.79 Å². The number of aromatic amines is 1. The number of aromatic nitrogens is 1. The van der Waals surface area contributed by atoms with Crippen molar-refractivity contribution in [3.63, 3.8) is 0 Å². The lowest BCUT2D eigenvalue weighted by atomic mass is 10.2. The molecule has 8 heteroatoms. The second kappa shape index (κ2) is 8.58. The minimum absolute atomic E-state index is 0.136. The first-order valence-corrected chi connectivity index (χ1v) is 10.6. The van der Waals surface area contributed by atoms with Crippen molar-refractivity contribution < 1.29 is 17.9 Å². The Labute approximate surface area is 159 Å². The van der Waals surface area contributed by atoms with Crippen LogP contribution in [0.25, 0.3) is 0 Å². The smallest absolute Gasteiger partial charge is 0.267 e. The minimum atomic E-state index is -3.51. The van der Waals surface area contributed by atoms with Crippen LogP contribution in [0.15, 0.2) is 41.4 Å². The maximum absolute atomic E-state index is 12.5. The van der Waals surface area contributed by atoms with Crippen LogP contribution in [-0.2, 0) is 10.0 Å². The highest BCUT2D eigenvalue weighted by Gasteiger charge is 2.28. The first-order chi connectivity index (χ1) is 13.0. The number of H-pyrrole nitrogens is 1. The summed E-state index contributed by atoms with van der Waals surface area (Å²) in [5.74, 6) is 0.482. The molecule has 146 valence electrons. The fraction of sp³-hybridized carbons (Fsp3) is 0.421. The molecule has 0 radical (unpaired) electrons. The highest BCUT2D eigenvalue weighted by atomic mass is 32.2. The number of carbonyl (C=O) groups is 1. The number of sulfonamides is 1. The molecule has 1 saturated heterocycles. The Morgan fingerprint density at radius 3 is 2.78 bits per heavy atom. The Hall–Kier alpha value is -2.32. The third-order valence-electron chi connectivity index (χ3n) is 4.47. The van der Waals surface area contributed by atoms with Crippen LogP contribution in [0.1, 0.15) is 35.3 Å². The van der Waals surface area contributed by atoms with Gasteiger partial charge in [-0.2, -0.15) is 4.31 Å². The molecule has 1 aromatic carbocycles. The third kappa shape index (κ3) is 4.90. The van der Waals surface area contributed by atoms with E-state index in [0.29, 0.717) is 32.7 Å². The van der Waals surface area contributed by atoms with Crippen molar-refractivity contribution in [2.24, 2.45) is 0 Å². The summed E-state index contributed by atoms with van der Waals surface area (Å²) >= 11 is 0. The molecule has 2 N–H and O–H groups in total. The molecule has 27 heavy (non-hydrogen) atoms. The second-order valence-corrected chi connectivity index (χ2v) is 8.57. The summed E-state index contributed by atoms with van der Waals surface area (Å²) in [7, 11) is -3.51. The fourth-order valence-electron chi connectivity index (χ4n) is 3.00. The number of ether oxygens (including phenoxy) is 1. The summed E-state index contributed by atoms with van der Waals surface area (Å²) in [5, 5.41) is 2.77. The molecule has 1 aliphatic heterocycles. The van der Waals surface area contributed by atoms with E-state index in [1.807, 2.05) is 31.2 Å². The van der Waals surface area contributed by atoms with Crippen LogP contribution in [0, 0.1) is 6.92 Å². The Morgan fingerprint density at radius 1 is 1.26 bits per heavy atom. The predicted molar refractivity (Wildman–Crippen MR) is 102 cm³/mol. The summed E-state index contributed by atoms with van der Waals surface area (Å²) in [6.45, 7) is 4.01. The highest BCUT2D eigenvalue weighted by Crippen LogP contribution is 2.21. The number of benzene rings is 1. The second-order valence-electron chi connectivity index (χ2n) is 6.63. The van der Waals surface area contributed by atoms with Gasteiger partial charge in [0.05, 0.1) is 6.61 Å². The van der Waals surface area contributed by atoms with Crippen molar-refractivity contribution in [1.29, 1.82) is 0 Å². The van der Waals surface area contributed by atoms with Crippen LogP contribution in [0.4, 0.5) is 0 Å². The molecule has 0 bridgehead atoms. The van der Waals surface area contributed by atoms with Crippen LogP contribution < -0.4 is 10.1 Å². The summed E-state index contributed by atoms with van der Waals surface area (Å²) < 4.78 is 32.1. The largest absolute Gasteiger partial charge is 0.494 e. The maximum Gasteiger partial charge on any atom is 0.267 e. The fourth-order valence-corrected chi connectivity index (χ4v) is 4.51. The van der Waals surface area contributed by atoms with E-state index in [1.165, 1.54) is 16.6 Å². The van der Waals surface area contributed by atoms with Crippen LogP contribution in [-0.4, -0.2) is 49.9 Å². The number of rotatable bonds is 8. The number of amides is 1. The average Bonchev–Trinajstić information content (AvgIpc) is 3.33. The molecule has 2 heterocycles. The quantitative estimate of drug-likeness (QED) is 0.676. The van der Waals surface area contributed by atoms with Gasteiger partial charge in [0.2, 0.25) is 10.0 Å². The Balaban J connectivity index is 1.45. The maximum atomic E-state index is 12.5. The van der Waals surface area contributed by atoms with Gasteiger partial charge in [0.25, 0.3) is 5.91 Å². The van der Waals surface area contributed by atoms with Crippen molar-refractivity contribution in [3.8, 4) is 5.75 Å². The molecular formula is C19H25N3O4S. The van der Waals surface area contributed by atoms with Gasteiger partial charge in [-0.15, -0.1) is 0 Å². The first-order valence-electron chi connectivity index (χ1n) is 9.13. The van der Waals surface area contributed by atoms with Crippen LogP contribution in [0.5, 0.6) is 5.75 Å². The zero-order valence-electron chi connectivity index (χ0n) is 15.4. The summed E-state index contributed by atoms with van der Waals surface area (Å²) in [4.78, 5) is 15.1. The van der Waals surface area contributed by atoms with Gasteiger partial charge in [-0.05, 0) is 49.9 Å². The zero-order chi connectivity index (χ0) is 19.3. The van der Waals surface area contributed by atoms with E-state index >= 15 is 0 Å². The van der Waals surface area contributed by atoms with E-state index < -0.39 is 10.0 Å². The molecule has 0 spiro atoms. The third-order valence-corrected chi connectivity index (χ3v) is 6.35. The minimum Gasteiger partial charge on any atom is -0.494 e. The predicted octanol–water partition coefficient (Wildman–Crippen LogP) is 2.31. The van der Waals surface area contributed by atoms with Gasteiger partial charge in [0.1, 0.15) is 16.3 Å². The number of carbonyl (C=O) groups excluding carboxylic acids is 1. The molecule has 1 fully saturated rings. The Kier molecular flexibility index (Phi) is 6.18. The monoisotopic (exact) mass is 391 g/mol. The van der Waals surface area contributed by atoms with Crippen molar-refractivity contribution >= 4 is 15.9 Å². The molecule has 0 unspecified atom stereocenters. The van der Waals surface area contributed by atoms with Gasteiger partial charge >= 0.3 is 0 Å². The standard InChI is InChI=1S/C19H25N3O4S/c1-15-6-4-7-16(12-15)26-11-5-8-20-19(23)18-13-17(14-21-18)27(24,25)22-9-2-3-10-22/h4,6-7,12-14,21H,2-3,5,8-11H2,1H3,(H,20,23). The van der Waals surface area contributed by atoms with E-state index in [9.17, 15) is 13.2 Å². The zero-order valence-corrected chi connectivity index (χ0v) is 16.2. The lowest BCUT2D eigenvalue weighted by molar-refractivity contribution is 0.0947. The molecule has 1 aliphatic rings. The van der Waals surface area contributed by atoms with E-state index in [2.05, 4.69) is 10.3 Å². The number of hydrogen-bond donors (Lipinski definition) is 2. The van der Waals surface area contributed by atoms with Crippen molar-refractivity contribution in [1.82, 2.24) is 14.6 Å². The van der Waals surface area contributed by atoms with Crippen molar-refractivity contribution in [2.75, 3.05) is 26.2 Å². The van der Waals surface area contributed by atoms with E-state index in [-0.39, 0.29) is 16.5 Å². The topological polar surface area (TPSA) is 91.5 Å². The molecule has 0 atom stereocenters. The van der Waals surface area contributed by atoms with Crippen LogP contribution >= 0.6 is 0 Å². The molecule has 2 aromatic rings. The molecule has 1 amide bonds. The summed E-state index contributed by atoms with van der Waals surface area (Å²) in [6, 6.07) is 9.19. The highest BCUT2D eigenvalue weighted by molar-refractivity contribution is 7.89. The van der Waals surface area contributed by atoms with Crippen molar-refractivity contribution in [2.45, 2.75) is 31.1 Å². The molecular weight excluding hydrogens is 366 g/mol. The number of aryl methyl sites for hydroxylation is 1. The molecule has 3 rings (SSSR count). The lowest BCUT2D eigenvalue weighted by Crippen LogP contribution is -2.27. The SMILES string of the molecule is Cc1cccc(OCCCNC(=O)c2cc(S(=O)(=O)N3CCCC3)c[nH]2)c1. The van der Waals surface area contributed by atoms with E-state index in [0.717, 1.165) is 24.2 Å². The first kappa shape index (κ1) is 19.4. The number of hydrogen-bond acceptors (Lipinski definition) is 4. The summed E-state index contributed by atoms with van der Waals surface area (Å²) in [6.07, 6.45) is 3.78. The van der Waals surface area contributed by atoms with Gasteiger partial charge in [0, 0.05) is 25.8 Å². The Bertz CT molecular complexity index is 886. The van der Waals surface area contributed by atoms with Crippen LogP contribution in [0.3, 0.4) is 0 Å². The molecule has 0 aliphatic carbocycles. The normalized spacial score (nSPS) is 15.0. The van der Waals surface area contributed by atoms with Crippen molar-refractivity contribution in [3.05, 3.63) is 47.8 Å². The molecule has 0 saturated carbocycles. The van der Waals surface area contributed by atoms with Gasteiger partial charge < -0.3 is 15.0 Å².